The topological polar surface area (TPSA) is 97.2 Å². The summed E-state index contributed by atoms with van der Waals surface area (Å²) in [4.78, 5) is 30.2. The Morgan fingerprint density at radius 3 is 2.83 bits per heavy atom. The van der Waals surface area contributed by atoms with Crippen molar-refractivity contribution < 1.29 is 31.9 Å². The van der Waals surface area contributed by atoms with Gasteiger partial charge in [0.1, 0.15) is 18.1 Å². The molecule has 4 heterocycles. The molecule has 0 fully saturated rings. The molecule has 1 amide bonds. The van der Waals surface area contributed by atoms with Gasteiger partial charge in [0.05, 0.1) is 5.56 Å². The fourth-order valence-corrected chi connectivity index (χ4v) is 2.99. The Kier molecular flexibility index (Phi) is 4.61. The number of H-pyrrole nitrogens is 1. The van der Waals surface area contributed by atoms with Crippen LogP contribution in [0.25, 0.3) is 22.7 Å². The zero-order valence-corrected chi connectivity index (χ0v) is 14.8. The molecular formula is C19H14F3N3O4. The van der Waals surface area contributed by atoms with Crippen LogP contribution in [-0.2, 0) is 22.6 Å². The van der Waals surface area contributed by atoms with Gasteiger partial charge in [-0.3, -0.25) is 9.78 Å². The molecule has 0 aromatic carbocycles. The monoisotopic (exact) mass is 405 g/mol. The van der Waals surface area contributed by atoms with Crippen molar-refractivity contribution in [3.63, 3.8) is 0 Å². The number of nitrogens with one attached hydrogen (secondary N) is 2. The van der Waals surface area contributed by atoms with E-state index in [1.807, 2.05) is 0 Å². The third kappa shape index (κ3) is 3.86. The van der Waals surface area contributed by atoms with Gasteiger partial charge in [0.25, 0.3) is 5.91 Å². The Hall–Kier alpha value is -3.56. The summed E-state index contributed by atoms with van der Waals surface area (Å²) in [6.07, 6.45) is -2.80. The second kappa shape index (κ2) is 7.12. The maximum absolute atomic E-state index is 12.2. The number of hydrogen-bond donors (Lipinski definition) is 2. The number of halogens is 3. The number of aromatic nitrogens is 2. The number of carbonyl (C=O) groups is 2. The fraction of sp³-hybridized carbons (Fsp3) is 0.211. The van der Waals surface area contributed by atoms with Crippen LogP contribution in [0.3, 0.4) is 0 Å². The van der Waals surface area contributed by atoms with Crippen LogP contribution >= 0.6 is 0 Å². The molecule has 3 aromatic heterocycles. The number of pyridine rings is 1. The predicted octanol–water partition coefficient (Wildman–Crippen LogP) is 3.23. The van der Waals surface area contributed by atoms with Crippen LogP contribution in [0.1, 0.15) is 21.8 Å². The summed E-state index contributed by atoms with van der Waals surface area (Å²) < 4.78 is 46.2. The summed E-state index contributed by atoms with van der Waals surface area (Å²) >= 11 is 0. The van der Waals surface area contributed by atoms with Crippen molar-refractivity contribution >= 4 is 11.9 Å². The first-order valence-electron chi connectivity index (χ1n) is 8.61. The van der Waals surface area contributed by atoms with Crippen molar-refractivity contribution in [3.8, 4) is 22.7 Å². The van der Waals surface area contributed by atoms with E-state index in [-0.39, 0.29) is 11.7 Å². The van der Waals surface area contributed by atoms with Crippen LogP contribution in [0.2, 0.25) is 0 Å². The van der Waals surface area contributed by atoms with E-state index in [1.165, 1.54) is 12.1 Å². The molecule has 0 bridgehead atoms. The molecule has 3 aromatic rings. The van der Waals surface area contributed by atoms with Crippen molar-refractivity contribution in [1.29, 1.82) is 0 Å². The number of hydrogen-bond acceptors (Lipinski definition) is 5. The van der Waals surface area contributed by atoms with E-state index in [0.29, 0.717) is 30.0 Å². The molecule has 2 N–H and O–H groups in total. The summed E-state index contributed by atoms with van der Waals surface area (Å²) in [6, 6.07) is 8.17. The Morgan fingerprint density at radius 1 is 1.24 bits per heavy atom. The van der Waals surface area contributed by atoms with E-state index < -0.39 is 18.8 Å². The SMILES string of the molecule is O=C1NCCc2[nH]c(-c3ccnc(-c4ccc(COC(=O)C(F)(F)F)o4)c3)cc21. The van der Waals surface area contributed by atoms with Crippen molar-refractivity contribution in [1.82, 2.24) is 15.3 Å². The third-order valence-corrected chi connectivity index (χ3v) is 4.37. The highest BCUT2D eigenvalue weighted by Crippen LogP contribution is 2.28. The molecule has 0 unspecified atom stereocenters. The molecular weight excluding hydrogens is 391 g/mol. The lowest BCUT2D eigenvalue weighted by Gasteiger charge is -2.10. The first-order valence-corrected chi connectivity index (χ1v) is 8.61. The van der Waals surface area contributed by atoms with E-state index in [9.17, 15) is 22.8 Å². The van der Waals surface area contributed by atoms with Crippen LogP contribution in [-0.4, -0.2) is 34.6 Å². The Bertz CT molecular complexity index is 1080. The molecule has 29 heavy (non-hydrogen) atoms. The van der Waals surface area contributed by atoms with Gasteiger partial charge in [0.2, 0.25) is 0 Å². The van der Waals surface area contributed by atoms with Crippen LogP contribution < -0.4 is 5.32 Å². The number of amides is 1. The first-order chi connectivity index (χ1) is 13.8. The summed E-state index contributed by atoms with van der Waals surface area (Å²) in [5, 5.41) is 2.78. The van der Waals surface area contributed by atoms with E-state index in [1.54, 1.807) is 24.4 Å². The van der Waals surface area contributed by atoms with Gasteiger partial charge in [-0.15, -0.1) is 0 Å². The summed E-state index contributed by atoms with van der Waals surface area (Å²) in [6.45, 7) is -0.0715. The first kappa shape index (κ1) is 18.8. The summed E-state index contributed by atoms with van der Waals surface area (Å²) in [5.74, 6) is -2.06. The number of ether oxygens (including phenoxy) is 1. The molecule has 7 nitrogen and oxygen atoms in total. The highest BCUT2D eigenvalue weighted by Gasteiger charge is 2.41. The zero-order chi connectivity index (χ0) is 20.6. The Morgan fingerprint density at radius 2 is 2.07 bits per heavy atom. The number of rotatable bonds is 4. The minimum Gasteiger partial charge on any atom is -0.456 e. The average molecular weight is 405 g/mol. The summed E-state index contributed by atoms with van der Waals surface area (Å²) in [5.41, 5.74) is 3.39. The number of fused-ring (bicyclic) bond motifs is 1. The quantitative estimate of drug-likeness (QED) is 0.650. The van der Waals surface area contributed by atoms with Crippen molar-refractivity contribution in [2.45, 2.75) is 19.2 Å². The standard InChI is InChI=1S/C19H14F3N3O4/c20-19(21,22)18(27)28-9-11-1-2-16(29-11)15-7-10(3-5-23-15)14-8-12-13(25-14)4-6-24-17(12)26/h1-3,5,7-8,25H,4,6,9H2,(H,24,26). The van der Waals surface area contributed by atoms with Gasteiger partial charge in [-0.1, -0.05) is 0 Å². The van der Waals surface area contributed by atoms with Crippen LogP contribution in [0.5, 0.6) is 0 Å². The molecule has 1 aliphatic heterocycles. The molecule has 0 radical (unpaired) electrons. The molecule has 150 valence electrons. The molecule has 0 saturated heterocycles. The number of aromatic amines is 1. The Balaban J connectivity index is 1.53. The minimum absolute atomic E-state index is 0.0526. The maximum Gasteiger partial charge on any atom is 0.490 e. The lowest BCUT2D eigenvalue weighted by atomic mass is 10.1. The maximum atomic E-state index is 12.2. The van der Waals surface area contributed by atoms with Gasteiger partial charge >= 0.3 is 12.1 Å². The second-order valence-electron chi connectivity index (χ2n) is 6.35. The minimum atomic E-state index is -5.06. The molecule has 1 aliphatic rings. The van der Waals surface area contributed by atoms with E-state index in [0.717, 1.165) is 17.0 Å². The fourth-order valence-electron chi connectivity index (χ4n) is 2.99. The molecule has 0 saturated carbocycles. The van der Waals surface area contributed by atoms with Gasteiger partial charge in [-0.25, -0.2) is 4.79 Å². The van der Waals surface area contributed by atoms with Crippen molar-refractivity contribution in [2.75, 3.05) is 6.54 Å². The average Bonchev–Trinajstić information content (AvgIpc) is 3.33. The highest BCUT2D eigenvalue weighted by atomic mass is 19.4. The molecule has 10 heteroatoms. The van der Waals surface area contributed by atoms with Crippen LogP contribution in [0.4, 0.5) is 13.2 Å². The normalized spacial score (nSPS) is 13.7. The molecule has 0 atom stereocenters. The van der Waals surface area contributed by atoms with Gasteiger partial charge in [-0.2, -0.15) is 13.2 Å². The van der Waals surface area contributed by atoms with Crippen LogP contribution in [0, 0.1) is 0 Å². The van der Waals surface area contributed by atoms with Crippen LogP contribution in [0.15, 0.2) is 40.9 Å². The van der Waals surface area contributed by atoms with E-state index >= 15 is 0 Å². The van der Waals surface area contributed by atoms with Gasteiger partial charge in [0.15, 0.2) is 5.76 Å². The molecule has 0 spiro atoms. The lowest BCUT2D eigenvalue weighted by molar-refractivity contribution is -0.201. The summed E-state index contributed by atoms with van der Waals surface area (Å²) in [7, 11) is 0. The van der Waals surface area contributed by atoms with Gasteiger partial charge < -0.3 is 19.5 Å². The number of alkyl halides is 3. The number of furan rings is 1. The largest absolute Gasteiger partial charge is 0.490 e. The molecule has 4 rings (SSSR count). The van der Waals surface area contributed by atoms with Crippen molar-refractivity contribution in [2.24, 2.45) is 0 Å². The number of nitrogens with zero attached hydrogens (tertiary/aromatic N) is 1. The van der Waals surface area contributed by atoms with E-state index in [2.05, 4.69) is 20.0 Å². The smallest absolute Gasteiger partial charge is 0.456 e. The van der Waals surface area contributed by atoms with Gasteiger partial charge in [0, 0.05) is 36.1 Å². The second-order valence-corrected chi connectivity index (χ2v) is 6.35. The van der Waals surface area contributed by atoms with Gasteiger partial charge in [-0.05, 0) is 30.3 Å². The van der Waals surface area contributed by atoms with Crippen molar-refractivity contribution in [3.05, 3.63) is 53.5 Å². The molecule has 0 aliphatic carbocycles. The highest BCUT2D eigenvalue weighted by molar-refractivity contribution is 5.97. The predicted molar refractivity (Wildman–Crippen MR) is 93.6 cm³/mol. The lowest BCUT2D eigenvalue weighted by Crippen LogP contribution is -2.31. The van der Waals surface area contributed by atoms with E-state index in [4.69, 9.17) is 4.42 Å². The Labute approximate surface area is 161 Å². The number of esters is 1. The number of carbonyl (C=O) groups excluding carboxylic acids is 2. The zero-order valence-electron chi connectivity index (χ0n) is 14.8. The third-order valence-electron chi connectivity index (χ3n) is 4.37.